The molecule has 7 nitrogen and oxygen atoms in total. The number of nitro groups is 1. The van der Waals surface area contributed by atoms with E-state index >= 15 is 0 Å². The lowest BCUT2D eigenvalue weighted by atomic mass is 10.1. The predicted molar refractivity (Wildman–Crippen MR) is 120 cm³/mol. The van der Waals surface area contributed by atoms with E-state index < -0.39 is 4.92 Å². The molecule has 0 aliphatic heterocycles. The van der Waals surface area contributed by atoms with Crippen LogP contribution in [-0.2, 0) is 0 Å². The van der Waals surface area contributed by atoms with E-state index in [-0.39, 0.29) is 0 Å². The van der Waals surface area contributed by atoms with Gasteiger partial charge in [-0.25, -0.2) is 9.97 Å². The molecule has 5 aromatic rings. The second kappa shape index (κ2) is 7.41. The number of hydrogen-bond acceptors (Lipinski definition) is 6. The number of H-pyrrole nitrogens is 1. The molecule has 5 rings (SSSR count). The molecule has 146 valence electrons. The summed E-state index contributed by atoms with van der Waals surface area (Å²) < 4.78 is 0.971. The van der Waals surface area contributed by atoms with Crippen LogP contribution in [0.4, 0.5) is 11.5 Å². The molecule has 0 unspecified atom stereocenters. The van der Waals surface area contributed by atoms with Crippen molar-refractivity contribution in [3.8, 4) is 10.4 Å². The molecule has 0 spiro atoms. The van der Waals surface area contributed by atoms with Crippen LogP contribution in [0.1, 0.15) is 5.56 Å². The average molecular weight is 413 g/mol. The van der Waals surface area contributed by atoms with Gasteiger partial charge in [0.25, 0.3) is 0 Å². The van der Waals surface area contributed by atoms with E-state index in [9.17, 15) is 10.1 Å². The fourth-order valence-corrected chi connectivity index (χ4v) is 4.38. The van der Waals surface area contributed by atoms with Crippen LogP contribution in [0.25, 0.3) is 37.6 Å². The Labute approximate surface area is 174 Å². The fraction of sp³-hybridized carbons (Fsp3) is 0. The number of aromatic nitrogens is 3. The molecule has 0 radical (unpaired) electrons. The molecule has 0 saturated carbocycles. The summed E-state index contributed by atoms with van der Waals surface area (Å²) in [5.74, 6) is 0.726. The zero-order valence-electron chi connectivity index (χ0n) is 15.6. The van der Waals surface area contributed by atoms with E-state index in [0.29, 0.717) is 0 Å². The van der Waals surface area contributed by atoms with Gasteiger partial charge in [-0.1, -0.05) is 30.3 Å². The van der Waals surface area contributed by atoms with Crippen molar-refractivity contribution in [1.82, 2.24) is 15.0 Å². The molecule has 0 atom stereocenters. The Morgan fingerprint density at radius 2 is 1.97 bits per heavy atom. The van der Waals surface area contributed by atoms with Crippen molar-refractivity contribution >= 4 is 50.0 Å². The van der Waals surface area contributed by atoms with Crippen LogP contribution in [0.2, 0.25) is 0 Å². The maximum absolute atomic E-state index is 10.7. The van der Waals surface area contributed by atoms with Crippen LogP contribution in [0.15, 0.2) is 73.3 Å². The van der Waals surface area contributed by atoms with Crippen LogP contribution in [0.5, 0.6) is 0 Å². The molecule has 0 aliphatic carbocycles. The van der Waals surface area contributed by atoms with E-state index in [0.717, 1.165) is 54.8 Å². The first-order valence-electron chi connectivity index (χ1n) is 9.17. The molecule has 0 aliphatic rings. The highest BCUT2D eigenvalue weighted by Gasteiger charge is 2.11. The number of hydrogen-bond donors (Lipinski definition) is 2. The average Bonchev–Trinajstić information content (AvgIpc) is 3.37. The highest BCUT2D eigenvalue weighted by atomic mass is 32.1. The summed E-state index contributed by atoms with van der Waals surface area (Å²) >= 11 is 1.64. The van der Waals surface area contributed by atoms with Gasteiger partial charge in [-0.2, -0.15) is 0 Å². The highest BCUT2D eigenvalue weighted by Crippen LogP contribution is 2.36. The number of aromatic amines is 1. The molecule has 3 aromatic heterocycles. The van der Waals surface area contributed by atoms with Crippen molar-refractivity contribution in [1.29, 1.82) is 0 Å². The molecular weight excluding hydrogens is 398 g/mol. The van der Waals surface area contributed by atoms with Gasteiger partial charge in [0, 0.05) is 39.3 Å². The smallest absolute Gasteiger partial charge is 0.235 e. The fourth-order valence-electron chi connectivity index (χ4n) is 3.32. The van der Waals surface area contributed by atoms with Crippen LogP contribution in [0.3, 0.4) is 0 Å². The normalized spacial score (nSPS) is 11.5. The molecule has 8 heteroatoms. The van der Waals surface area contributed by atoms with Crippen molar-refractivity contribution < 1.29 is 4.92 Å². The summed E-state index contributed by atoms with van der Waals surface area (Å²) in [6.07, 6.45) is 5.72. The molecule has 30 heavy (non-hydrogen) atoms. The van der Waals surface area contributed by atoms with Crippen molar-refractivity contribution in [3.05, 3.63) is 89.0 Å². The van der Waals surface area contributed by atoms with Crippen LogP contribution in [-0.4, -0.2) is 19.9 Å². The largest absolute Gasteiger partial charge is 0.361 e. The number of benzene rings is 2. The van der Waals surface area contributed by atoms with Crippen LogP contribution < -0.4 is 5.32 Å². The zero-order valence-corrected chi connectivity index (χ0v) is 16.4. The van der Waals surface area contributed by atoms with Gasteiger partial charge < -0.3 is 10.3 Å². The van der Waals surface area contributed by atoms with Crippen molar-refractivity contribution in [2.24, 2.45) is 0 Å². The van der Waals surface area contributed by atoms with Gasteiger partial charge in [0.2, 0.25) is 6.20 Å². The minimum Gasteiger partial charge on any atom is -0.361 e. The summed E-state index contributed by atoms with van der Waals surface area (Å²) in [5.41, 5.74) is 4.52. The third-order valence-electron chi connectivity index (χ3n) is 4.72. The molecular formula is C22H15N5O2S. The Hall–Kier alpha value is -4.04. The van der Waals surface area contributed by atoms with Gasteiger partial charge in [-0.05, 0) is 29.8 Å². The van der Waals surface area contributed by atoms with E-state index in [2.05, 4.69) is 38.5 Å². The molecule has 0 fully saturated rings. The predicted octanol–water partition coefficient (Wildman–Crippen LogP) is 5.83. The second-order valence-corrected chi connectivity index (χ2v) is 7.70. The summed E-state index contributed by atoms with van der Waals surface area (Å²) in [7, 11) is 0. The number of thiophene rings is 1. The van der Waals surface area contributed by atoms with E-state index in [4.69, 9.17) is 0 Å². The summed E-state index contributed by atoms with van der Waals surface area (Å²) in [4.78, 5) is 23.3. The van der Waals surface area contributed by atoms with Gasteiger partial charge in [0.15, 0.2) is 5.82 Å². The molecule has 2 N–H and O–H groups in total. The Morgan fingerprint density at radius 3 is 2.80 bits per heavy atom. The Balaban J connectivity index is 1.52. The summed E-state index contributed by atoms with van der Waals surface area (Å²) in [6, 6.07) is 18.1. The SMILES string of the molecule is O=[N+]([O-])C=Cc1c[nH]c2ccc(Nc3ncnc4cc(-c5ccccc5)sc34)cc12. The first-order valence-corrected chi connectivity index (χ1v) is 9.99. The molecule has 2 aromatic carbocycles. The quantitative estimate of drug-likeness (QED) is 0.279. The minimum atomic E-state index is -0.473. The van der Waals surface area contributed by atoms with Crippen molar-refractivity contribution in [2.75, 3.05) is 5.32 Å². The van der Waals surface area contributed by atoms with Crippen molar-refractivity contribution in [2.45, 2.75) is 0 Å². The lowest BCUT2D eigenvalue weighted by Gasteiger charge is -2.06. The number of nitrogens with one attached hydrogen (secondary N) is 2. The number of rotatable bonds is 5. The van der Waals surface area contributed by atoms with Gasteiger partial charge in [0.1, 0.15) is 6.33 Å². The van der Waals surface area contributed by atoms with E-state index in [1.165, 1.54) is 6.08 Å². The lowest BCUT2D eigenvalue weighted by Crippen LogP contribution is -1.94. The molecule has 0 amide bonds. The maximum Gasteiger partial charge on any atom is 0.235 e. The minimum absolute atomic E-state index is 0.473. The van der Waals surface area contributed by atoms with E-state index in [1.54, 1.807) is 23.9 Å². The maximum atomic E-state index is 10.7. The van der Waals surface area contributed by atoms with Gasteiger partial charge in [-0.3, -0.25) is 10.1 Å². The number of anilines is 2. The monoisotopic (exact) mass is 413 g/mol. The first kappa shape index (κ1) is 18.0. The van der Waals surface area contributed by atoms with Gasteiger partial charge in [-0.15, -0.1) is 11.3 Å². The molecule has 3 heterocycles. The standard InChI is InChI=1S/C22H15N5O2S/c28-27(29)9-8-15-12-23-18-7-6-16(10-17(15)18)26-22-21-19(24-13-25-22)11-20(30-21)14-4-2-1-3-5-14/h1-13,23H,(H,24,25,26). The topological polar surface area (TPSA) is 96.7 Å². The lowest BCUT2D eigenvalue weighted by molar-refractivity contribution is -0.400. The Kier molecular flexibility index (Phi) is 4.45. The number of fused-ring (bicyclic) bond motifs is 2. The van der Waals surface area contributed by atoms with Gasteiger partial charge in [0.05, 0.1) is 15.1 Å². The van der Waals surface area contributed by atoms with Gasteiger partial charge >= 0.3 is 0 Å². The molecule has 0 saturated heterocycles. The van der Waals surface area contributed by atoms with Crippen LogP contribution in [0, 0.1) is 10.1 Å². The van der Waals surface area contributed by atoms with E-state index in [1.807, 2.05) is 36.4 Å². The second-order valence-electron chi connectivity index (χ2n) is 6.64. The Bertz CT molecular complexity index is 1410. The third-order valence-corrected chi connectivity index (χ3v) is 5.90. The van der Waals surface area contributed by atoms with Crippen LogP contribution >= 0.6 is 11.3 Å². The summed E-state index contributed by atoms with van der Waals surface area (Å²) in [6.45, 7) is 0. The Morgan fingerprint density at radius 1 is 1.10 bits per heavy atom. The first-order chi connectivity index (χ1) is 14.7. The highest BCUT2D eigenvalue weighted by molar-refractivity contribution is 7.22. The van der Waals surface area contributed by atoms with Crippen molar-refractivity contribution in [3.63, 3.8) is 0 Å². The zero-order chi connectivity index (χ0) is 20.5. The summed E-state index contributed by atoms with van der Waals surface area (Å²) in [5, 5.41) is 14.9. The number of nitrogens with zero attached hydrogens (tertiary/aromatic N) is 3. The third kappa shape index (κ3) is 3.40. The molecule has 0 bridgehead atoms.